The lowest BCUT2D eigenvalue weighted by molar-refractivity contribution is 0.0686. The number of anilines is 1. The highest BCUT2D eigenvalue weighted by Crippen LogP contribution is 2.22. The van der Waals surface area contributed by atoms with E-state index in [1.165, 1.54) is 24.3 Å². The van der Waals surface area contributed by atoms with Crippen molar-refractivity contribution < 1.29 is 27.1 Å². The highest BCUT2D eigenvalue weighted by atomic mass is 79.9. The normalized spacial score (nSPS) is 11.2. The lowest BCUT2D eigenvalue weighted by atomic mass is 10.2. The van der Waals surface area contributed by atoms with Gasteiger partial charge in [-0.15, -0.1) is 0 Å². The molecule has 0 aliphatic heterocycles. The van der Waals surface area contributed by atoms with Crippen LogP contribution < -0.4 is 4.72 Å². The van der Waals surface area contributed by atoms with E-state index in [1.54, 1.807) is 0 Å². The van der Waals surface area contributed by atoms with Gasteiger partial charge in [0.1, 0.15) is 17.2 Å². The van der Waals surface area contributed by atoms with Crippen molar-refractivity contribution in [2.75, 3.05) is 4.72 Å². The molecule has 116 valence electrons. The fourth-order valence-corrected chi connectivity index (χ4v) is 2.97. The third-order valence-corrected chi connectivity index (χ3v) is 4.56. The van der Waals surface area contributed by atoms with Crippen molar-refractivity contribution in [1.82, 2.24) is 0 Å². The number of carboxylic acids is 1. The van der Waals surface area contributed by atoms with Gasteiger partial charge in [-0.3, -0.25) is 4.72 Å². The van der Waals surface area contributed by atoms with E-state index in [1.807, 2.05) is 4.72 Å². The van der Waals surface area contributed by atoms with Gasteiger partial charge in [-0.05, 0) is 36.4 Å². The van der Waals surface area contributed by atoms with Crippen LogP contribution in [-0.2, 0) is 10.0 Å². The maximum atomic E-state index is 13.5. The Hall–Kier alpha value is -2.00. The van der Waals surface area contributed by atoms with E-state index in [2.05, 4.69) is 15.9 Å². The van der Waals surface area contributed by atoms with Crippen molar-refractivity contribution in [2.45, 2.75) is 4.90 Å². The molecule has 2 N–H and O–H groups in total. The number of hydrogen-bond acceptors (Lipinski definition) is 3. The number of sulfonamides is 1. The second-order valence-electron chi connectivity index (χ2n) is 4.18. The first-order valence-electron chi connectivity index (χ1n) is 5.71. The zero-order chi connectivity index (χ0) is 16.5. The molecular formula is C13H8BrF2NO4S. The molecule has 9 heteroatoms. The zero-order valence-electron chi connectivity index (χ0n) is 10.7. The van der Waals surface area contributed by atoms with Crippen LogP contribution in [0.3, 0.4) is 0 Å². The standard InChI is InChI=1S/C13H8BrF2NO4S/c14-7-1-3-9(4-2-7)22(20,21)17-8-5-10(15)12(13(18)19)11(16)6-8/h1-6,17H,(H,18,19). The SMILES string of the molecule is O=C(O)c1c(F)cc(NS(=O)(=O)c2ccc(Br)cc2)cc1F. The van der Waals surface area contributed by atoms with Crippen molar-refractivity contribution in [3.8, 4) is 0 Å². The molecule has 0 aromatic heterocycles. The first-order valence-corrected chi connectivity index (χ1v) is 7.99. The second-order valence-corrected chi connectivity index (χ2v) is 6.78. The number of aromatic carboxylic acids is 1. The van der Waals surface area contributed by atoms with Gasteiger partial charge in [-0.1, -0.05) is 15.9 Å². The molecule has 0 heterocycles. The fourth-order valence-electron chi connectivity index (χ4n) is 1.66. The van der Waals surface area contributed by atoms with E-state index in [0.29, 0.717) is 16.6 Å². The summed E-state index contributed by atoms with van der Waals surface area (Å²) in [4.78, 5) is 10.6. The third-order valence-electron chi connectivity index (χ3n) is 2.63. The summed E-state index contributed by atoms with van der Waals surface area (Å²) in [6, 6.07) is 6.77. The van der Waals surface area contributed by atoms with E-state index in [0.717, 1.165) is 0 Å². The predicted octanol–water partition coefficient (Wildman–Crippen LogP) is 3.23. The molecule has 0 unspecified atom stereocenters. The van der Waals surface area contributed by atoms with Crippen LogP contribution in [0.5, 0.6) is 0 Å². The molecule has 0 atom stereocenters. The fraction of sp³-hybridized carbons (Fsp3) is 0. The van der Waals surface area contributed by atoms with Gasteiger partial charge in [0.2, 0.25) is 0 Å². The van der Waals surface area contributed by atoms with Crippen LogP contribution in [0.2, 0.25) is 0 Å². The minimum absolute atomic E-state index is 0.112. The van der Waals surface area contributed by atoms with E-state index < -0.39 is 38.9 Å². The first-order chi connectivity index (χ1) is 10.2. The molecule has 0 saturated carbocycles. The topological polar surface area (TPSA) is 83.5 Å². The molecule has 2 rings (SSSR count). The zero-order valence-corrected chi connectivity index (χ0v) is 13.1. The van der Waals surface area contributed by atoms with Gasteiger partial charge in [0.05, 0.1) is 10.6 Å². The second kappa shape index (κ2) is 6.01. The molecule has 0 amide bonds. The van der Waals surface area contributed by atoms with Gasteiger partial charge in [0.25, 0.3) is 10.0 Å². The number of rotatable bonds is 4. The van der Waals surface area contributed by atoms with Crippen molar-refractivity contribution >= 4 is 37.6 Å². The maximum absolute atomic E-state index is 13.5. The Morgan fingerprint density at radius 1 is 1.09 bits per heavy atom. The summed E-state index contributed by atoms with van der Waals surface area (Å²) < 4.78 is 53.8. The molecule has 0 bridgehead atoms. The Bertz CT molecular complexity index is 815. The molecular weight excluding hydrogens is 384 g/mol. The number of carbonyl (C=O) groups is 1. The molecule has 0 aliphatic carbocycles. The largest absolute Gasteiger partial charge is 0.477 e. The highest BCUT2D eigenvalue weighted by Gasteiger charge is 2.20. The number of carboxylic acid groups (broad SMARTS) is 1. The summed E-state index contributed by atoms with van der Waals surface area (Å²) in [7, 11) is -4.05. The summed E-state index contributed by atoms with van der Waals surface area (Å²) in [5, 5.41) is 8.65. The van der Waals surface area contributed by atoms with E-state index >= 15 is 0 Å². The Kier molecular flexibility index (Phi) is 4.47. The summed E-state index contributed by atoms with van der Waals surface area (Å²) in [6.45, 7) is 0. The Balaban J connectivity index is 2.38. The van der Waals surface area contributed by atoms with Gasteiger partial charge < -0.3 is 5.11 Å². The number of nitrogens with one attached hydrogen (secondary N) is 1. The van der Waals surface area contributed by atoms with Gasteiger partial charge >= 0.3 is 5.97 Å². The van der Waals surface area contributed by atoms with E-state index in [4.69, 9.17) is 5.11 Å². The Morgan fingerprint density at radius 2 is 1.59 bits per heavy atom. The van der Waals surface area contributed by atoms with Crippen molar-refractivity contribution in [2.24, 2.45) is 0 Å². The molecule has 2 aromatic carbocycles. The lowest BCUT2D eigenvalue weighted by Gasteiger charge is -2.09. The Morgan fingerprint density at radius 3 is 2.05 bits per heavy atom. The summed E-state index contributed by atoms with van der Waals surface area (Å²) in [5.74, 6) is -4.53. The summed E-state index contributed by atoms with van der Waals surface area (Å²) in [6.07, 6.45) is 0. The quantitative estimate of drug-likeness (QED) is 0.837. The minimum atomic E-state index is -4.05. The Labute approximate surface area is 132 Å². The summed E-state index contributed by atoms with van der Waals surface area (Å²) in [5.41, 5.74) is -1.56. The highest BCUT2D eigenvalue weighted by molar-refractivity contribution is 9.10. The third kappa shape index (κ3) is 3.42. The van der Waals surface area contributed by atoms with Crippen LogP contribution in [-0.4, -0.2) is 19.5 Å². The number of halogens is 3. The van der Waals surface area contributed by atoms with Crippen molar-refractivity contribution in [3.05, 3.63) is 58.1 Å². The smallest absolute Gasteiger partial charge is 0.341 e. The average molecular weight is 392 g/mol. The van der Waals surface area contributed by atoms with Crippen LogP contribution in [0.4, 0.5) is 14.5 Å². The van der Waals surface area contributed by atoms with Crippen LogP contribution >= 0.6 is 15.9 Å². The van der Waals surface area contributed by atoms with Crippen LogP contribution in [0, 0.1) is 11.6 Å². The summed E-state index contributed by atoms with van der Waals surface area (Å²) >= 11 is 3.15. The predicted molar refractivity (Wildman–Crippen MR) is 78.3 cm³/mol. The van der Waals surface area contributed by atoms with Crippen LogP contribution in [0.25, 0.3) is 0 Å². The molecule has 5 nitrogen and oxygen atoms in total. The molecule has 0 saturated heterocycles. The van der Waals surface area contributed by atoms with Crippen LogP contribution in [0.15, 0.2) is 45.8 Å². The molecule has 22 heavy (non-hydrogen) atoms. The number of hydrogen-bond donors (Lipinski definition) is 2. The molecule has 0 aliphatic rings. The van der Waals surface area contributed by atoms with Crippen molar-refractivity contribution in [3.63, 3.8) is 0 Å². The molecule has 0 spiro atoms. The molecule has 0 fully saturated rings. The maximum Gasteiger partial charge on any atom is 0.341 e. The lowest BCUT2D eigenvalue weighted by Crippen LogP contribution is -2.14. The van der Waals surface area contributed by atoms with E-state index in [-0.39, 0.29) is 4.90 Å². The van der Waals surface area contributed by atoms with Gasteiger partial charge in [-0.2, -0.15) is 0 Å². The number of benzene rings is 2. The minimum Gasteiger partial charge on any atom is -0.477 e. The average Bonchev–Trinajstić information content (AvgIpc) is 2.37. The van der Waals surface area contributed by atoms with Gasteiger partial charge in [0.15, 0.2) is 0 Å². The van der Waals surface area contributed by atoms with Gasteiger partial charge in [-0.25, -0.2) is 22.0 Å². The van der Waals surface area contributed by atoms with Crippen LogP contribution in [0.1, 0.15) is 10.4 Å². The monoisotopic (exact) mass is 391 g/mol. The van der Waals surface area contributed by atoms with Gasteiger partial charge in [0, 0.05) is 4.47 Å². The first kappa shape index (κ1) is 16.4. The van der Waals surface area contributed by atoms with E-state index in [9.17, 15) is 22.0 Å². The molecule has 2 aromatic rings. The van der Waals surface area contributed by atoms with Crippen molar-refractivity contribution in [1.29, 1.82) is 0 Å². The molecule has 0 radical (unpaired) electrons.